The third kappa shape index (κ3) is 1.00. The van der Waals surface area contributed by atoms with Crippen molar-refractivity contribution in [1.29, 1.82) is 0 Å². The molecule has 0 bridgehead atoms. The van der Waals surface area contributed by atoms with Gasteiger partial charge < -0.3 is 0 Å². The summed E-state index contributed by atoms with van der Waals surface area (Å²) in [5, 5.41) is 5.68. The van der Waals surface area contributed by atoms with Crippen LogP contribution in [0.15, 0.2) is 0 Å². The van der Waals surface area contributed by atoms with Gasteiger partial charge in [-0.3, -0.25) is 5.10 Å². The zero-order valence-electron chi connectivity index (χ0n) is 6.20. The summed E-state index contributed by atoms with van der Waals surface area (Å²) in [7, 11) is 0. The Labute approximate surface area is 66.8 Å². The van der Waals surface area contributed by atoms with Gasteiger partial charge in [0.05, 0.1) is 0 Å². The second kappa shape index (κ2) is 2.24. The molecule has 5 heteroatoms. The first-order valence-electron chi connectivity index (χ1n) is 3.72. The number of aryl methyl sites for hydroxylation is 1. The summed E-state index contributed by atoms with van der Waals surface area (Å²) in [6.07, 6.45) is -2.31. The van der Waals surface area contributed by atoms with Crippen LogP contribution in [-0.2, 0) is 19.0 Å². The topological polar surface area (TPSA) is 28.7 Å². The lowest BCUT2D eigenvalue weighted by Crippen LogP contribution is -2.08. The molecule has 0 unspecified atom stereocenters. The summed E-state index contributed by atoms with van der Waals surface area (Å²) < 4.78 is 36.6. The third-order valence-electron chi connectivity index (χ3n) is 2.07. The van der Waals surface area contributed by atoms with Gasteiger partial charge in [0.2, 0.25) is 0 Å². The molecule has 1 aromatic heterocycles. The Morgan fingerprint density at radius 2 is 2.00 bits per heavy atom. The molecule has 1 heterocycles. The van der Waals surface area contributed by atoms with Gasteiger partial charge in [-0.05, 0) is 19.3 Å². The smallest absolute Gasteiger partial charge is 0.282 e. The predicted octanol–water partition coefficient (Wildman–Crippen LogP) is 1.92. The van der Waals surface area contributed by atoms with Crippen molar-refractivity contribution in [3.05, 3.63) is 17.0 Å². The van der Waals surface area contributed by atoms with Gasteiger partial charge in [-0.25, -0.2) is 0 Å². The number of fused-ring (bicyclic) bond motifs is 1. The second-order valence-electron chi connectivity index (χ2n) is 2.88. The van der Waals surface area contributed by atoms with E-state index in [9.17, 15) is 13.2 Å². The molecule has 0 amide bonds. The molecule has 2 rings (SSSR count). The molecule has 0 spiro atoms. The van der Waals surface area contributed by atoms with Crippen molar-refractivity contribution in [1.82, 2.24) is 10.2 Å². The van der Waals surface area contributed by atoms with Gasteiger partial charge >= 0.3 is 6.18 Å². The Bertz CT molecular complexity index is 300. The van der Waals surface area contributed by atoms with Crippen LogP contribution in [-0.4, -0.2) is 10.2 Å². The van der Waals surface area contributed by atoms with Gasteiger partial charge in [0.25, 0.3) is 0 Å². The van der Waals surface area contributed by atoms with Crippen LogP contribution in [0.2, 0.25) is 0 Å². The highest BCUT2D eigenvalue weighted by Crippen LogP contribution is 2.34. The second-order valence-corrected chi connectivity index (χ2v) is 2.88. The van der Waals surface area contributed by atoms with Crippen molar-refractivity contribution >= 4 is 0 Å². The van der Waals surface area contributed by atoms with E-state index < -0.39 is 11.9 Å². The van der Waals surface area contributed by atoms with E-state index in [1.54, 1.807) is 0 Å². The van der Waals surface area contributed by atoms with E-state index in [0.29, 0.717) is 24.1 Å². The highest BCUT2D eigenvalue weighted by atomic mass is 19.4. The molecule has 0 radical (unpaired) electrons. The number of hydrogen-bond acceptors (Lipinski definition) is 1. The lowest BCUT2D eigenvalue weighted by atomic mass is 10.2. The van der Waals surface area contributed by atoms with Gasteiger partial charge in [-0.15, -0.1) is 0 Å². The zero-order valence-corrected chi connectivity index (χ0v) is 6.20. The van der Waals surface area contributed by atoms with E-state index in [2.05, 4.69) is 10.2 Å². The monoisotopic (exact) mass is 176 g/mol. The molecule has 0 saturated heterocycles. The standard InChI is InChI=1S/C7H7F3N2/c8-7(9,10)6-4-2-1-3-5(4)11-12-6/h1-3H2,(H,11,12). The van der Waals surface area contributed by atoms with Crippen molar-refractivity contribution < 1.29 is 13.2 Å². The fraction of sp³-hybridized carbons (Fsp3) is 0.571. The van der Waals surface area contributed by atoms with Gasteiger partial charge in [0.15, 0.2) is 5.69 Å². The van der Waals surface area contributed by atoms with E-state index in [4.69, 9.17) is 0 Å². The van der Waals surface area contributed by atoms with Gasteiger partial charge in [-0.2, -0.15) is 18.3 Å². The predicted molar refractivity (Wildman–Crippen MR) is 35.6 cm³/mol. The number of rotatable bonds is 0. The SMILES string of the molecule is FC(F)(F)c1n[nH]c2c1CCC2. The summed E-state index contributed by atoms with van der Waals surface area (Å²) >= 11 is 0. The van der Waals surface area contributed by atoms with E-state index >= 15 is 0 Å². The van der Waals surface area contributed by atoms with Gasteiger partial charge in [0.1, 0.15) is 0 Å². The summed E-state index contributed by atoms with van der Waals surface area (Å²) in [6, 6.07) is 0. The molecular weight excluding hydrogens is 169 g/mol. The molecule has 12 heavy (non-hydrogen) atoms. The number of nitrogens with zero attached hydrogens (tertiary/aromatic N) is 1. The quantitative estimate of drug-likeness (QED) is 0.642. The lowest BCUT2D eigenvalue weighted by Gasteiger charge is -2.02. The molecule has 0 fully saturated rings. The van der Waals surface area contributed by atoms with E-state index in [1.165, 1.54) is 0 Å². The van der Waals surface area contributed by atoms with E-state index in [1.807, 2.05) is 0 Å². The fourth-order valence-electron chi connectivity index (χ4n) is 1.55. The zero-order chi connectivity index (χ0) is 8.77. The number of hydrogen-bond donors (Lipinski definition) is 1. The summed E-state index contributed by atoms with van der Waals surface area (Å²) in [5.74, 6) is 0. The van der Waals surface area contributed by atoms with Crippen LogP contribution in [0, 0.1) is 0 Å². The van der Waals surface area contributed by atoms with Crippen molar-refractivity contribution in [2.45, 2.75) is 25.4 Å². The molecule has 1 aromatic rings. The van der Waals surface area contributed by atoms with Crippen molar-refractivity contribution in [3.63, 3.8) is 0 Å². The highest BCUT2D eigenvalue weighted by molar-refractivity contribution is 5.31. The van der Waals surface area contributed by atoms with Crippen LogP contribution in [0.3, 0.4) is 0 Å². The van der Waals surface area contributed by atoms with Crippen LogP contribution in [0.25, 0.3) is 0 Å². The van der Waals surface area contributed by atoms with Crippen molar-refractivity contribution in [2.75, 3.05) is 0 Å². The molecule has 0 aromatic carbocycles. The molecule has 1 N–H and O–H groups in total. The normalized spacial score (nSPS) is 16.6. The van der Waals surface area contributed by atoms with Crippen LogP contribution in [0.4, 0.5) is 13.2 Å². The minimum Gasteiger partial charge on any atom is -0.282 e. The van der Waals surface area contributed by atoms with Crippen LogP contribution >= 0.6 is 0 Å². The Balaban J connectivity index is 2.46. The van der Waals surface area contributed by atoms with Crippen molar-refractivity contribution in [2.24, 2.45) is 0 Å². The van der Waals surface area contributed by atoms with Gasteiger partial charge in [-0.1, -0.05) is 0 Å². The van der Waals surface area contributed by atoms with Crippen LogP contribution < -0.4 is 0 Å². The molecule has 0 saturated carbocycles. The molecule has 1 aliphatic rings. The van der Waals surface area contributed by atoms with Crippen LogP contribution in [0.5, 0.6) is 0 Å². The maximum Gasteiger partial charge on any atom is 0.435 e. The average molecular weight is 176 g/mol. The number of halogens is 3. The third-order valence-corrected chi connectivity index (χ3v) is 2.07. The maximum atomic E-state index is 12.2. The number of aromatic nitrogens is 2. The Kier molecular flexibility index (Phi) is 1.43. The molecular formula is C7H7F3N2. The van der Waals surface area contributed by atoms with Gasteiger partial charge in [0, 0.05) is 11.3 Å². The maximum absolute atomic E-state index is 12.2. The summed E-state index contributed by atoms with van der Waals surface area (Å²) in [6.45, 7) is 0. The van der Waals surface area contributed by atoms with E-state index in [0.717, 1.165) is 6.42 Å². The first-order chi connectivity index (χ1) is 5.59. The number of nitrogens with one attached hydrogen (secondary N) is 1. The summed E-state index contributed by atoms with van der Waals surface area (Å²) in [4.78, 5) is 0. The lowest BCUT2D eigenvalue weighted by molar-refractivity contribution is -0.141. The molecule has 0 aliphatic heterocycles. The van der Waals surface area contributed by atoms with Crippen LogP contribution in [0.1, 0.15) is 23.4 Å². The van der Waals surface area contributed by atoms with Crippen molar-refractivity contribution in [3.8, 4) is 0 Å². The molecule has 1 aliphatic carbocycles. The highest BCUT2D eigenvalue weighted by Gasteiger charge is 2.38. The fourth-order valence-corrected chi connectivity index (χ4v) is 1.55. The minimum absolute atomic E-state index is 0.363. The number of aromatic amines is 1. The Morgan fingerprint density at radius 1 is 1.25 bits per heavy atom. The molecule has 66 valence electrons. The Morgan fingerprint density at radius 3 is 2.67 bits per heavy atom. The number of H-pyrrole nitrogens is 1. The Hall–Kier alpha value is -1.00. The molecule has 0 atom stereocenters. The minimum atomic E-state index is -4.30. The first kappa shape index (κ1) is 7.64. The molecule has 2 nitrogen and oxygen atoms in total. The first-order valence-corrected chi connectivity index (χ1v) is 3.72. The number of alkyl halides is 3. The van der Waals surface area contributed by atoms with E-state index in [-0.39, 0.29) is 0 Å². The summed E-state index contributed by atoms with van der Waals surface area (Å²) in [5.41, 5.74) is 0.292. The average Bonchev–Trinajstić information content (AvgIpc) is 2.37. The largest absolute Gasteiger partial charge is 0.435 e.